The number of hydrogen-bond acceptors (Lipinski definition) is 4. The van der Waals surface area contributed by atoms with Crippen molar-refractivity contribution in [2.75, 3.05) is 12.8 Å². The van der Waals surface area contributed by atoms with Gasteiger partial charge in [0.1, 0.15) is 10.8 Å². The monoisotopic (exact) mass is 282 g/mol. The smallest absolute Gasteiger partial charge is 0.141 e. The summed E-state index contributed by atoms with van der Waals surface area (Å²) in [6.45, 7) is 0. The largest absolute Gasteiger partial charge is 0.495 e. The van der Waals surface area contributed by atoms with E-state index in [1.807, 2.05) is 48.6 Å². The molecule has 2 aromatic carbocycles. The van der Waals surface area contributed by atoms with Crippen molar-refractivity contribution in [2.45, 2.75) is 0 Å². The Kier molecular flexibility index (Phi) is 3.39. The van der Waals surface area contributed by atoms with Crippen LogP contribution in [0.1, 0.15) is 10.6 Å². The molecule has 100 valence electrons. The molecule has 0 aliphatic carbocycles. The van der Waals surface area contributed by atoms with Gasteiger partial charge in [0.15, 0.2) is 0 Å². The third-order valence-electron chi connectivity index (χ3n) is 2.98. The molecule has 4 heteroatoms. The maximum Gasteiger partial charge on any atom is 0.141 e. The van der Waals surface area contributed by atoms with Gasteiger partial charge in [-0.2, -0.15) is 0 Å². The summed E-state index contributed by atoms with van der Waals surface area (Å²) in [5, 5.41) is 0.987. The third kappa shape index (κ3) is 2.51. The van der Waals surface area contributed by atoms with E-state index in [-0.39, 0.29) is 0 Å². The van der Waals surface area contributed by atoms with Crippen LogP contribution in [0.4, 0.5) is 5.69 Å². The van der Waals surface area contributed by atoms with Gasteiger partial charge in [-0.3, -0.25) is 0 Å². The van der Waals surface area contributed by atoms with Crippen molar-refractivity contribution in [1.29, 1.82) is 0 Å². The second kappa shape index (κ2) is 5.35. The van der Waals surface area contributed by atoms with Crippen LogP contribution in [0.2, 0.25) is 0 Å². The van der Waals surface area contributed by atoms with Crippen molar-refractivity contribution in [2.24, 2.45) is 0 Å². The highest BCUT2D eigenvalue weighted by atomic mass is 32.1. The van der Waals surface area contributed by atoms with Gasteiger partial charge in [-0.1, -0.05) is 24.3 Å². The standard InChI is InChI=1S/C16H14N2OS/c1-19-14-8-6-11(10-12(14)17)7-9-16-18-13-4-2-3-5-15(13)20-16/h2-10H,17H2,1H3/b9-7+. The zero-order valence-corrected chi connectivity index (χ0v) is 11.9. The summed E-state index contributed by atoms with van der Waals surface area (Å²) < 4.78 is 6.34. The van der Waals surface area contributed by atoms with Gasteiger partial charge in [-0.15, -0.1) is 11.3 Å². The molecule has 20 heavy (non-hydrogen) atoms. The number of methoxy groups -OCH3 is 1. The van der Waals surface area contributed by atoms with Gasteiger partial charge in [0.25, 0.3) is 0 Å². The molecule has 2 N–H and O–H groups in total. The molecule has 0 aliphatic rings. The van der Waals surface area contributed by atoms with Crippen LogP contribution in [0, 0.1) is 0 Å². The highest BCUT2D eigenvalue weighted by Gasteiger charge is 2.01. The highest BCUT2D eigenvalue weighted by molar-refractivity contribution is 7.19. The molecule has 3 rings (SSSR count). The Labute approximate surface area is 121 Å². The maximum absolute atomic E-state index is 5.89. The number of anilines is 1. The van der Waals surface area contributed by atoms with Gasteiger partial charge in [-0.05, 0) is 35.9 Å². The van der Waals surface area contributed by atoms with E-state index in [9.17, 15) is 0 Å². The Balaban J connectivity index is 1.88. The van der Waals surface area contributed by atoms with Crippen molar-refractivity contribution >= 4 is 39.4 Å². The molecule has 1 aromatic heterocycles. The van der Waals surface area contributed by atoms with E-state index in [1.165, 1.54) is 4.70 Å². The van der Waals surface area contributed by atoms with E-state index in [1.54, 1.807) is 18.4 Å². The van der Waals surface area contributed by atoms with Crippen LogP contribution in [-0.4, -0.2) is 12.1 Å². The van der Waals surface area contributed by atoms with Crippen LogP contribution in [0.3, 0.4) is 0 Å². The lowest BCUT2D eigenvalue weighted by Gasteiger charge is -2.04. The number of fused-ring (bicyclic) bond motifs is 1. The Hall–Kier alpha value is -2.33. The summed E-state index contributed by atoms with van der Waals surface area (Å²) in [4.78, 5) is 4.56. The molecule has 0 atom stereocenters. The number of para-hydroxylation sites is 1. The first-order valence-electron chi connectivity index (χ1n) is 6.23. The number of benzene rings is 2. The van der Waals surface area contributed by atoms with Crippen molar-refractivity contribution in [3.63, 3.8) is 0 Å². The molecule has 3 nitrogen and oxygen atoms in total. The molecular formula is C16H14N2OS. The van der Waals surface area contributed by atoms with Gasteiger partial charge in [-0.25, -0.2) is 4.98 Å². The summed E-state index contributed by atoms with van der Waals surface area (Å²) in [7, 11) is 1.61. The summed E-state index contributed by atoms with van der Waals surface area (Å²) in [5.41, 5.74) is 8.59. The molecule has 0 bridgehead atoms. The molecule has 0 fully saturated rings. The molecule has 0 amide bonds. The molecule has 0 spiro atoms. The molecule has 0 aliphatic heterocycles. The van der Waals surface area contributed by atoms with E-state index < -0.39 is 0 Å². The van der Waals surface area contributed by atoms with Crippen LogP contribution in [0.5, 0.6) is 5.75 Å². The second-order valence-corrected chi connectivity index (χ2v) is 5.42. The predicted molar refractivity (Wildman–Crippen MR) is 86.0 cm³/mol. The summed E-state index contributed by atoms with van der Waals surface area (Å²) in [6.07, 6.45) is 4.01. The number of nitrogens with two attached hydrogens (primary N) is 1. The number of nitrogens with zero attached hydrogens (tertiary/aromatic N) is 1. The molecule has 1 heterocycles. The maximum atomic E-state index is 5.89. The van der Waals surface area contributed by atoms with Gasteiger partial charge in [0.05, 0.1) is 23.0 Å². The molecule has 0 saturated heterocycles. The topological polar surface area (TPSA) is 48.1 Å². The average Bonchev–Trinajstić information content (AvgIpc) is 2.88. The Morgan fingerprint density at radius 3 is 2.75 bits per heavy atom. The van der Waals surface area contributed by atoms with Crippen LogP contribution < -0.4 is 10.5 Å². The molecule has 0 unspecified atom stereocenters. The van der Waals surface area contributed by atoms with Gasteiger partial charge >= 0.3 is 0 Å². The predicted octanol–water partition coefficient (Wildman–Crippen LogP) is 4.06. The fourth-order valence-corrected chi connectivity index (χ4v) is 2.86. The Bertz CT molecular complexity index is 744. The summed E-state index contributed by atoms with van der Waals surface area (Å²) >= 11 is 1.67. The van der Waals surface area contributed by atoms with E-state index in [0.29, 0.717) is 11.4 Å². The first-order valence-corrected chi connectivity index (χ1v) is 7.05. The lowest BCUT2D eigenvalue weighted by atomic mass is 10.2. The summed E-state index contributed by atoms with van der Waals surface area (Å²) in [5.74, 6) is 0.696. The highest BCUT2D eigenvalue weighted by Crippen LogP contribution is 2.25. The van der Waals surface area contributed by atoms with Crippen molar-refractivity contribution in [1.82, 2.24) is 4.98 Å². The van der Waals surface area contributed by atoms with Crippen LogP contribution in [0.15, 0.2) is 42.5 Å². The number of hydrogen-bond donors (Lipinski definition) is 1. The van der Waals surface area contributed by atoms with Crippen molar-refractivity contribution in [3.8, 4) is 5.75 Å². The van der Waals surface area contributed by atoms with Crippen LogP contribution >= 0.6 is 11.3 Å². The average molecular weight is 282 g/mol. The van der Waals surface area contributed by atoms with Crippen molar-refractivity contribution in [3.05, 3.63) is 53.0 Å². The molecule has 0 radical (unpaired) electrons. The van der Waals surface area contributed by atoms with Crippen LogP contribution in [-0.2, 0) is 0 Å². The van der Waals surface area contributed by atoms with Gasteiger partial charge < -0.3 is 10.5 Å². The fourth-order valence-electron chi connectivity index (χ4n) is 1.99. The minimum atomic E-state index is 0.638. The summed E-state index contributed by atoms with van der Waals surface area (Å²) in [6, 6.07) is 13.9. The number of aromatic nitrogens is 1. The van der Waals surface area contributed by atoms with E-state index in [0.717, 1.165) is 16.1 Å². The van der Waals surface area contributed by atoms with Crippen molar-refractivity contribution < 1.29 is 4.74 Å². The van der Waals surface area contributed by atoms with E-state index in [2.05, 4.69) is 11.1 Å². The zero-order chi connectivity index (χ0) is 13.9. The number of ether oxygens (including phenoxy) is 1. The van der Waals surface area contributed by atoms with E-state index >= 15 is 0 Å². The first kappa shape index (κ1) is 12.7. The van der Waals surface area contributed by atoms with Crippen LogP contribution in [0.25, 0.3) is 22.4 Å². The third-order valence-corrected chi connectivity index (χ3v) is 3.98. The quantitative estimate of drug-likeness (QED) is 0.737. The second-order valence-electron chi connectivity index (χ2n) is 4.35. The fraction of sp³-hybridized carbons (Fsp3) is 0.0625. The van der Waals surface area contributed by atoms with E-state index in [4.69, 9.17) is 10.5 Å². The SMILES string of the molecule is COc1ccc(/C=C/c2nc3ccccc3s2)cc1N. The van der Waals surface area contributed by atoms with Gasteiger partial charge in [0, 0.05) is 0 Å². The molecular weight excluding hydrogens is 268 g/mol. The number of nitrogen functional groups attached to an aromatic ring is 1. The lowest BCUT2D eigenvalue weighted by Crippen LogP contribution is -1.92. The number of thiazole rings is 1. The normalized spacial score (nSPS) is 11.2. The lowest BCUT2D eigenvalue weighted by molar-refractivity contribution is 0.417. The molecule has 0 saturated carbocycles. The Morgan fingerprint density at radius 2 is 2.00 bits per heavy atom. The number of rotatable bonds is 3. The minimum Gasteiger partial charge on any atom is -0.495 e. The molecule has 3 aromatic rings. The zero-order valence-electron chi connectivity index (χ0n) is 11.0. The first-order chi connectivity index (χ1) is 9.76. The van der Waals surface area contributed by atoms with Gasteiger partial charge in [0.2, 0.25) is 0 Å². The Morgan fingerprint density at radius 1 is 1.15 bits per heavy atom. The minimum absolute atomic E-state index is 0.638.